The van der Waals surface area contributed by atoms with Crippen molar-refractivity contribution in [2.75, 3.05) is 26.7 Å². The van der Waals surface area contributed by atoms with Crippen LogP contribution in [0.1, 0.15) is 6.92 Å². The highest BCUT2D eigenvalue weighted by Gasteiger charge is 2.54. The Morgan fingerprint density at radius 3 is 2.56 bits per heavy atom. The minimum Gasteiger partial charge on any atom is -0.368 e. The van der Waals surface area contributed by atoms with Crippen LogP contribution in [0.2, 0.25) is 0 Å². The predicted octanol–water partition coefficient (Wildman–Crippen LogP) is 0.337. The van der Waals surface area contributed by atoms with Crippen LogP contribution < -0.4 is 0 Å². The fourth-order valence-corrected chi connectivity index (χ4v) is 1.78. The van der Waals surface area contributed by atoms with Gasteiger partial charge in [0.15, 0.2) is 0 Å². The van der Waals surface area contributed by atoms with Gasteiger partial charge >= 0.3 is 0 Å². The lowest BCUT2D eigenvalue weighted by Gasteiger charge is -2.04. The Morgan fingerprint density at radius 1 is 1.67 bits per heavy atom. The predicted molar refractivity (Wildman–Crippen MR) is 35.3 cm³/mol. The number of likely N-dealkylation sites (N-methyl/N-ethyl adjacent to an activating group) is 1. The van der Waals surface area contributed by atoms with E-state index in [4.69, 9.17) is 4.74 Å². The normalized spacial score (nSPS) is 50.7. The molecule has 2 rings (SSSR count). The first-order chi connectivity index (χ1) is 4.23. The van der Waals surface area contributed by atoms with Gasteiger partial charge in [0, 0.05) is 19.0 Å². The second-order valence-corrected chi connectivity index (χ2v) is 3.45. The van der Waals surface area contributed by atoms with Crippen LogP contribution >= 0.6 is 0 Å². The maximum atomic E-state index is 5.40. The van der Waals surface area contributed by atoms with Gasteiger partial charge in [-0.15, -0.1) is 0 Å². The van der Waals surface area contributed by atoms with Gasteiger partial charge in [-0.1, -0.05) is 6.92 Å². The van der Waals surface area contributed by atoms with E-state index in [0.717, 1.165) is 19.1 Å². The first-order valence-electron chi connectivity index (χ1n) is 3.55. The second-order valence-electron chi connectivity index (χ2n) is 3.45. The van der Waals surface area contributed by atoms with E-state index in [0.29, 0.717) is 5.60 Å². The van der Waals surface area contributed by atoms with Crippen molar-refractivity contribution in [1.82, 2.24) is 4.90 Å². The van der Waals surface area contributed by atoms with E-state index in [1.807, 2.05) is 0 Å². The van der Waals surface area contributed by atoms with E-state index in [2.05, 4.69) is 18.9 Å². The molecule has 0 aromatic heterocycles. The summed E-state index contributed by atoms with van der Waals surface area (Å²) in [5, 5.41) is 0. The van der Waals surface area contributed by atoms with Crippen LogP contribution in [-0.2, 0) is 4.74 Å². The fourth-order valence-electron chi connectivity index (χ4n) is 1.78. The molecule has 0 aromatic carbocycles. The molecule has 2 atom stereocenters. The average molecular weight is 127 g/mol. The van der Waals surface area contributed by atoms with Crippen LogP contribution in [-0.4, -0.2) is 37.2 Å². The lowest BCUT2D eigenvalue weighted by molar-refractivity contribution is 0.268. The zero-order chi connectivity index (χ0) is 6.48. The van der Waals surface area contributed by atoms with Crippen LogP contribution in [0.25, 0.3) is 0 Å². The summed E-state index contributed by atoms with van der Waals surface area (Å²) in [7, 11) is 2.16. The summed E-state index contributed by atoms with van der Waals surface area (Å²) in [6.07, 6.45) is 0. The molecule has 1 spiro atoms. The second kappa shape index (κ2) is 1.50. The molecule has 52 valence electrons. The zero-order valence-electron chi connectivity index (χ0n) is 6.05. The molecule has 0 aromatic rings. The fraction of sp³-hybridized carbons (Fsp3) is 1.00. The zero-order valence-corrected chi connectivity index (χ0v) is 6.05. The third-order valence-electron chi connectivity index (χ3n) is 2.54. The number of epoxide rings is 1. The smallest absolute Gasteiger partial charge is 0.108 e. The van der Waals surface area contributed by atoms with E-state index >= 15 is 0 Å². The maximum Gasteiger partial charge on any atom is 0.108 e. The van der Waals surface area contributed by atoms with Crippen LogP contribution in [0.15, 0.2) is 0 Å². The Kier molecular flexibility index (Phi) is 0.945. The Hall–Kier alpha value is -0.0800. The molecule has 0 radical (unpaired) electrons. The summed E-state index contributed by atoms with van der Waals surface area (Å²) in [5.41, 5.74) is 0.300. The highest BCUT2D eigenvalue weighted by Crippen LogP contribution is 2.40. The highest BCUT2D eigenvalue weighted by atomic mass is 16.6. The molecule has 0 amide bonds. The minimum absolute atomic E-state index is 0.300. The first-order valence-corrected chi connectivity index (χ1v) is 3.55. The number of likely N-dealkylation sites (tertiary alicyclic amines) is 1. The van der Waals surface area contributed by atoms with Crippen molar-refractivity contribution in [2.24, 2.45) is 5.92 Å². The Morgan fingerprint density at radius 2 is 2.33 bits per heavy atom. The molecule has 2 unspecified atom stereocenters. The van der Waals surface area contributed by atoms with E-state index < -0.39 is 0 Å². The minimum atomic E-state index is 0.300. The van der Waals surface area contributed by atoms with Crippen molar-refractivity contribution in [3.05, 3.63) is 0 Å². The summed E-state index contributed by atoms with van der Waals surface area (Å²) >= 11 is 0. The molecule has 0 N–H and O–H groups in total. The summed E-state index contributed by atoms with van der Waals surface area (Å²) in [5.74, 6) is 0.752. The van der Waals surface area contributed by atoms with E-state index in [9.17, 15) is 0 Å². The molecule has 2 aliphatic rings. The summed E-state index contributed by atoms with van der Waals surface area (Å²) in [4.78, 5) is 2.34. The Labute approximate surface area is 55.8 Å². The molecule has 2 aliphatic heterocycles. The quantitative estimate of drug-likeness (QED) is 0.436. The molecule has 0 aliphatic carbocycles. The molecule has 2 nitrogen and oxygen atoms in total. The lowest BCUT2D eigenvalue weighted by Crippen LogP contribution is -2.20. The van der Waals surface area contributed by atoms with Gasteiger partial charge < -0.3 is 9.64 Å². The lowest BCUT2D eigenvalue weighted by atomic mass is 10.00. The molecular weight excluding hydrogens is 114 g/mol. The van der Waals surface area contributed by atoms with Gasteiger partial charge in [0.25, 0.3) is 0 Å². The number of rotatable bonds is 0. The van der Waals surface area contributed by atoms with Gasteiger partial charge in [0.2, 0.25) is 0 Å². The van der Waals surface area contributed by atoms with Gasteiger partial charge in [-0.3, -0.25) is 0 Å². The SMILES string of the molecule is CC1CN(C)CC12CO2. The molecule has 2 heteroatoms. The van der Waals surface area contributed by atoms with E-state index in [1.165, 1.54) is 6.54 Å². The molecule has 2 fully saturated rings. The monoisotopic (exact) mass is 127 g/mol. The van der Waals surface area contributed by atoms with Gasteiger partial charge in [-0.05, 0) is 7.05 Å². The Bertz CT molecular complexity index is 131. The number of hydrogen-bond acceptors (Lipinski definition) is 2. The summed E-state index contributed by atoms with van der Waals surface area (Å²) in [6.45, 7) is 5.63. The van der Waals surface area contributed by atoms with Crippen molar-refractivity contribution in [2.45, 2.75) is 12.5 Å². The molecule has 2 saturated heterocycles. The molecule has 0 bridgehead atoms. The van der Waals surface area contributed by atoms with Crippen molar-refractivity contribution in [3.63, 3.8) is 0 Å². The van der Waals surface area contributed by atoms with Crippen LogP contribution in [0.3, 0.4) is 0 Å². The summed E-state index contributed by atoms with van der Waals surface area (Å²) < 4.78 is 5.40. The van der Waals surface area contributed by atoms with Gasteiger partial charge in [-0.25, -0.2) is 0 Å². The third-order valence-corrected chi connectivity index (χ3v) is 2.54. The average Bonchev–Trinajstić information content (AvgIpc) is 2.42. The van der Waals surface area contributed by atoms with Gasteiger partial charge in [0.05, 0.1) is 6.61 Å². The highest BCUT2D eigenvalue weighted by molar-refractivity contribution is 5.04. The molecule has 0 saturated carbocycles. The van der Waals surface area contributed by atoms with E-state index in [1.54, 1.807) is 0 Å². The third kappa shape index (κ3) is 0.700. The van der Waals surface area contributed by atoms with Crippen molar-refractivity contribution >= 4 is 0 Å². The van der Waals surface area contributed by atoms with Gasteiger partial charge in [-0.2, -0.15) is 0 Å². The number of ether oxygens (including phenoxy) is 1. The van der Waals surface area contributed by atoms with Crippen molar-refractivity contribution < 1.29 is 4.74 Å². The number of nitrogens with zero attached hydrogens (tertiary/aromatic N) is 1. The topological polar surface area (TPSA) is 15.8 Å². The summed E-state index contributed by atoms with van der Waals surface area (Å²) in [6, 6.07) is 0. The van der Waals surface area contributed by atoms with Crippen LogP contribution in [0.5, 0.6) is 0 Å². The van der Waals surface area contributed by atoms with Crippen LogP contribution in [0, 0.1) is 5.92 Å². The van der Waals surface area contributed by atoms with Crippen molar-refractivity contribution in [3.8, 4) is 0 Å². The number of hydrogen-bond donors (Lipinski definition) is 0. The Balaban J connectivity index is 2.10. The largest absolute Gasteiger partial charge is 0.368 e. The molecule has 2 heterocycles. The van der Waals surface area contributed by atoms with Crippen LogP contribution in [0.4, 0.5) is 0 Å². The molecule has 9 heavy (non-hydrogen) atoms. The molecular formula is C7H13NO. The van der Waals surface area contributed by atoms with Crippen molar-refractivity contribution in [1.29, 1.82) is 0 Å². The first kappa shape index (κ1) is 5.69. The van der Waals surface area contributed by atoms with Gasteiger partial charge in [0.1, 0.15) is 5.60 Å². The van der Waals surface area contributed by atoms with E-state index in [-0.39, 0.29) is 0 Å². The maximum absolute atomic E-state index is 5.40. The standard InChI is InChI=1S/C7H13NO/c1-6-3-8(2)4-7(6)5-9-7/h6H,3-5H2,1-2H3.